The zero-order chi connectivity index (χ0) is 18.6. The van der Waals surface area contributed by atoms with Crippen LogP contribution in [0.3, 0.4) is 0 Å². The molecule has 0 aliphatic carbocycles. The third-order valence-corrected chi connectivity index (χ3v) is 4.80. The minimum absolute atomic E-state index is 0.174. The first-order chi connectivity index (χ1) is 12.5. The van der Waals surface area contributed by atoms with Crippen LogP contribution in [0.25, 0.3) is 11.4 Å². The van der Waals surface area contributed by atoms with Gasteiger partial charge in [0.15, 0.2) is 11.0 Å². The summed E-state index contributed by atoms with van der Waals surface area (Å²) in [6.07, 6.45) is -0.154. The molecule has 1 aromatic carbocycles. The van der Waals surface area contributed by atoms with Gasteiger partial charge in [-0.25, -0.2) is 0 Å². The number of nitrogens with zero attached hydrogens (tertiary/aromatic N) is 4. The molecular weight excluding hydrogens is 361 g/mol. The lowest BCUT2D eigenvalue weighted by Crippen LogP contribution is -2.08. The minimum Gasteiger partial charge on any atom is -0.302 e. The molecule has 2 aromatic heterocycles. The molecule has 0 unspecified atom stereocenters. The van der Waals surface area contributed by atoms with Crippen LogP contribution in [0.4, 0.5) is 13.2 Å². The van der Waals surface area contributed by atoms with Crippen molar-refractivity contribution in [3.63, 3.8) is 0 Å². The molecule has 0 N–H and O–H groups in total. The average Bonchev–Trinajstić information content (AvgIpc) is 3.03. The van der Waals surface area contributed by atoms with Crippen molar-refractivity contribution in [3.8, 4) is 11.4 Å². The van der Waals surface area contributed by atoms with E-state index in [1.807, 2.05) is 23.6 Å². The fourth-order valence-corrected chi connectivity index (χ4v) is 3.57. The molecule has 0 aliphatic heterocycles. The van der Waals surface area contributed by atoms with Gasteiger partial charge in [-0.3, -0.25) is 4.98 Å². The summed E-state index contributed by atoms with van der Waals surface area (Å²) in [4.78, 5) is 3.99. The Bertz CT molecular complexity index is 862. The summed E-state index contributed by atoms with van der Waals surface area (Å²) in [5.41, 5.74) is 0.508. The van der Waals surface area contributed by atoms with Gasteiger partial charge in [0.25, 0.3) is 0 Å². The van der Waals surface area contributed by atoms with Gasteiger partial charge in [0.2, 0.25) is 0 Å². The van der Waals surface area contributed by atoms with Gasteiger partial charge in [0, 0.05) is 30.3 Å². The number of hydrogen-bond donors (Lipinski definition) is 0. The summed E-state index contributed by atoms with van der Waals surface area (Å²) in [5.74, 6) is 0.870. The van der Waals surface area contributed by atoms with E-state index >= 15 is 0 Å². The van der Waals surface area contributed by atoms with Crippen molar-refractivity contribution in [1.82, 2.24) is 19.7 Å². The highest BCUT2D eigenvalue weighted by atomic mass is 32.2. The van der Waals surface area contributed by atoms with E-state index in [0.29, 0.717) is 17.5 Å². The Kier molecular flexibility index (Phi) is 5.61. The van der Waals surface area contributed by atoms with Gasteiger partial charge in [0.1, 0.15) is 0 Å². The van der Waals surface area contributed by atoms with E-state index in [4.69, 9.17) is 0 Å². The fourth-order valence-electron chi connectivity index (χ4n) is 2.60. The Hall–Kier alpha value is -2.35. The van der Waals surface area contributed by atoms with Crippen molar-refractivity contribution in [2.75, 3.05) is 0 Å². The van der Waals surface area contributed by atoms with Crippen LogP contribution in [-0.4, -0.2) is 19.7 Å². The topological polar surface area (TPSA) is 43.6 Å². The minimum atomic E-state index is -4.36. The maximum Gasteiger partial charge on any atom is 0.416 e. The normalized spacial score (nSPS) is 11.7. The second kappa shape index (κ2) is 7.90. The lowest BCUT2D eigenvalue weighted by Gasteiger charge is -2.13. The molecule has 0 bridgehead atoms. The van der Waals surface area contributed by atoms with Crippen molar-refractivity contribution in [2.45, 2.75) is 37.0 Å². The SMILES string of the molecule is CCCn1c(SCc2ccccc2C(F)(F)F)nnc1-c1ccncc1. The molecule has 0 aliphatic rings. The molecule has 136 valence electrons. The smallest absolute Gasteiger partial charge is 0.302 e. The number of benzene rings is 1. The fraction of sp³-hybridized carbons (Fsp3) is 0.278. The molecule has 2 heterocycles. The maximum absolute atomic E-state index is 13.2. The van der Waals surface area contributed by atoms with Gasteiger partial charge >= 0.3 is 6.18 Å². The van der Waals surface area contributed by atoms with Gasteiger partial charge < -0.3 is 4.57 Å². The second-order valence-corrected chi connectivity index (χ2v) is 6.58. The summed E-state index contributed by atoms with van der Waals surface area (Å²) in [6.45, 7) is 2.72. The summed E-state index contributed by atoms with van der Waals surface area (Å²) in [7, 11) is 0. The monoisotopic (exact) mass is 378 g/mol. The first kappa shape index (κ1) is 18.4. The molecule has 4 nitrogen and oxygen atoms in total. The molecule has 0 spiro atoms. The van der Waals surface area contributed by atoms with Crippen LogP contribution in [-0.2, 0) is 18.5 Å². The number of rotatable bonds is 6. The Balaban J connectivity index is 1.87. The van der Waals surface area contributed by atoms with Gasteiger partial charge in [-0.1, -0.05) is 36.9 Å². The van der Waals surface area contributed by atoms with Crippen molar-refractivity contribution in [1.29, 1.82) is 0 Å². The number of halogens is 3. The number of hydrogen-bond acceptors (Lipinski definition) is 4. The van der Waals surface area contributed by atoms with Crippen molar-refractivity contribution >= 4 is 11.8 Å². The Morgan fingerprint density at radius 3 is 2.46 bits per heavy atom. The van der Waals surface area contributed by atoms with Crippen LogP contribution in [0.2, 0.25) is 0 Å². The molecule has 0 saturated carbocycles. The summed E-state index contributed by atoms with van der Waals surface area (Å²) >= 11 is 1.26. The zero-order valence-corrected chi connectivity index (χ0v) is 14.9. The molecule has 0 saturated heterocycles. The van der Waals surface area contributed by atoms with Gasteiger partial charge in [-0.15, -0.1) is 10.2 Å². The maximum atomic E-state index is 13.2. The van der Waals surface area contributed by atoms with Crippen LogP contribution in [0, 0.1) is 0 Å². The van der Waals surface area contributed by atoms with Crippen LogP contribution >= 0.6 is 11.8 Å². The number of aromatic nitrogens is 4. The zero-order valence-electron chi connectivity index (χ0n) is 14.1. The molecule has 26 heavy (non-hydrogen) atoms. The van der Waals surface area contributed by atoms with Crippen LogP contribution in [0.5, 0.6) is 0 Å². The highest BCUT2D eigenvalue weighted by Gasteiger charge is 2.32. The van der Waals surface area contributed by atoms with E-state index in [-0.39, 0.29) is 11.3 Å². The molecule has 0 fully saturated rings. The molecular formula is C18H17F3N4S. The largest absolute Gasteiger partial charge is 0.416 e. The first-order valence-corrected chi connectivity index (χ1v) is 9.10. The first-order valence-electron chi connectivity index (χ1n) is 8.12. The molecule has 8 heteroatoms. The quantitative estimate of drug-likeness (QED) is 0.562. The summed E-state index contributed by atoms with van der Waals surface area (Å²) in [5, 5.41) is 9.03. The third kappa shape index (κ3) is 4.07. The third-order valence-electron chi connectivity index (χ3n) is 3.78. The van der Waals surface area contributed by atoms with E-state index in [2.05, 4.69) is 15.2 Å². The predicted molar refractivity (Wildman–Crippen MR) is 94.5 cm³/mol. The molecule has 3 aromatic rings. The van der Waals surface area contributed by atoms with E-state index < -0.39 is 11.7 Å². The Morgan fingerprint density at radius 2 is 1.77 bits per heavy atom. The van der Waals surface area contributed by atoms with E-state index in [1.165, 1.54) is 23.9 Å². The molecule has 3 rings (SSSR count). The number of thioether (sulfide) groups is 1. The molecule has 0 radical (unpaired) electrons. The van der Waals surface area contributed by atoms with Crippen molar-refractivity contribution in [2.24, 2.45) is 0 Å². The highest BCUT2D eigenvalue weighted by Crippen LogP contribution is 2.35. The van der Waals surface area contributed by atoms with Crippen molar-refractivity contribution in [3.05, 3.63) is 59.9 Å². The highest BCUT2D eigenvalue weighted by molar-refractivity contribution is 7.98. The summed E-state index contributed by atoms with van der Waals surface area (Å²) in [6, 6.07) is 9.30. The molecule has 0 atom stereocenters. The van der Waals surface area contributed by atoms with Gasteiger partial charge in [-0.2, -0.15) is 13.2 Å². The lowest BCUT2D eigenvalue weighted by molar-refractivity contribution is -0.138. The van der Waals surface area contributed by atoms with Crippen LogP contribution in [0.1, 0.15) is 24.5 Å². The number of alkyl halides is 3. The van der Waals surface area contributed by atoms with E-state index in [9.17, 15) is 13.2 Å². The van der Waals surface area contributed by atoms with E-state index in [0.717, 1.165) is 18.1 Å². The standard InChI is InChI=1S/C18H17F3N4S/c1-2-11-25-16(13-7-9-22-10-8-13)23-24-17(25)26-12-14-5-3-4-6-15(14)18(19,20)21/h3-10H,2,11-12H2,1H3. The molecule has 0 amide bonds. The van der Waals surface area contributed by atoms with Crippen LogP contribution < -0.4 is 0 Å². The van der Waals surface area contributed by atoms with Crippen molar-refractivity contribution < 1.29 is 13.2 Å². The Morgan fingerprint density at radius 1 is 1.04 bits per heavy atom. The van der Waals surface area contributed by atoms with E-state index in [1.54, 1.807) is 18.5 Å². The summed E-state index contributed by atoms with van der Waals surface area (Å²) < 4.78 is 41.4. The van der Waals surface area contributed by atoms with Crippen LogP contribution in [0.15, 0.2) is 53.9 Å². The number of pyridine rings is 1. The average molecular weight is 378 g/mol. The van der Waals surface area contributed by atoms with Gasteiger partial charge in [-0.05, 0) is 30.2 Å². The predicted octanol–water partition coefficient (Wildman–Crippen LogP) is 5.06. The Labute approximate surface area is 153 Å². The second-order valence-electron chi connectivity index (χ2n) is 5.64. The van der Waals surface area contributed by atoms with Gasteiger partial charge in [0.05, 0.1) is 5.56 Å². The lowest BCUT2D eigenvalue weighted by atomic mass is 10.1.